The molecular weight excluding hydrogens is 244 g/mol. The summed E-state index contributed by atoms with van der Waals surface area (Å²) in [7, 11) is -1.33. The molecule has 0 aliphatic carbocycles. The molecule has 15 heavy (non-hydrogen) atoms. The zero-order valence-corrected chi connectivity index (χ0v) is 9.59. The average molecular weight is 253 g/mol. The first-order chi connectivity index (χ1) is 6.89. The van der Waals surface area contributed by atoms with Gasteiger partial charge in [-0.25, -0.2) is 8.42 Å². The molecule has 1 rings (SSSR count). The molecular formula is C7H9ClN2O4S. The number of rotatable bonds is 3. The second-order valence-electron chi connectivity index (χ2n) is 2.61. The molecule has 1 heterocycles. The van der Waals surface area contributed by atoms with Gasteiger partial charge in [0, 0.05) is 13.2 Å². The van der Waals surface area contributed by atoms with Gasteiger partial charge in [0.05, 0.1) is 7.11 Å². The molecule has 0 aliphatic rings. The van der Waals surface area contributed by atoms with Gasteiger partial charge in [-0.3, -0.25) is 9.63 Å². The predicted molar refractivity (Wildman–Crippen MR) is 54.0 cm³/mol. The van der Waals surface area contributed by atoms with Gasteiger partial charge in [0.1, 0.15) is 9.92 Å². The Bertz CT molecular complexity index is 510. The highest BCUT2D eigenvalue weighted by Gasteiger charge is 2.21. The van der Waals surface area contributed by atoms with Crippen LogP contribution in [0.25, 0.3) is 0 Å². The summed E-state index contributed by atoms with van der Waals surface area (Å²) in [6.07, 6.45) is 1.05. The Balaban J connectivity index is 3.29. The predicted octanol–water partition coefficient (Wildman–Crippen LogP) is 0.210. The highest BCUT2D eigenvalue weighted by molar-refractivity contribution is 7.89. The van der Waals surface area contributed by atoms with Crippen molar-refractivity contribution in [2.24, 2.45) is 0 Å². The second-order valence-corrected chi connectivity index (χ2v) is 4.95. The molecule has 0 bridgehead atoms. The number of hydrogen-bond acceptors (Lipinski definition) is 4. The molecule has 6 nitrogen and oxygen atoms in total. The maximum atomic E-state index is 11.6. The van der Waals surface area contributed by atoms with E-state index in [0.29, 0.717) is 4.47 Å². The van der Waals surface area contributed by atoms with E-state index < -0.39 is 15.6 Å². The highest BCUT2D eigenvalue weighted by Crippen LogP contribution is 2.14. The first kappa shape index (κ1) is 12.2. The number of nitrogens with one attached hydrogen (secondary N) is 1. The molecule has 0 radical (unpaired) electrons. The lowest BCUT2D eigenvalue weighted by atomic mass is 10.5. The summed E-state index contributed by atoms with van der Waals surface area (Å²) in [4.78, 5) is 17.5. The number of nitrogens with zero attached hydrogens (tertiary/aromatic N) is 1. The third-order valence-corrected chi connectivity index (χ3v) is 3.66. The lowest BCUT2D eigenvalue weighted by molar-refractivity contribution is -0.0258. The minimum Gasteiger partial charge on any atom is -0.326 e. The van der Waals surface area contributed by atoms with Crippen molar-refractivity contribution in [3.63, 3.8) is 0 Å². The quantitative estimate of drug-likeness (QED) is 0.780. The Morgan fingerprint density at radius 3 is 2.60 bits per heavy atom. The van der Waals surface area contributed by atoms with E-state index in [0.717, 1.165) is 12.3 Å². The molecule has 1 N–H and O–H groups in total. The van der Waals surface area contributed by atoms with Gasteiger partial charge in [0.15, 0.2) is 0 Å². The first-order valence-corrected chi connectivity index (χ1v) is 5.62. The van der Waals surface area contributed by atoms with E-state index in [2.05, 4.69) is 9.82 Å². The molecule has 0 amide bonds. The summed E-state index contributed by atoms with van der Waals surface area (Å²) >= 11 is 5.50. The highest BCUT2D eigenvalue weighted by atomic mass is 35.5. The number of aromatic nitrogens is 1. The number of pyridine rings is 1. The van der Waals surface area contributed by atoms with E-state index in [9.17, 15) is 13.2 Å². The van der Waals surface area contributed by atoms with Gasteiger partial charge in [-0.2, -0.15) is 0 Å². The van der Waals surface area contributed by atoms with Crippen LogP contribution in [0.1, 0.15) is 0 Å². The second kappa shape index (κ2) is 4.31. The van der Waals surface area contributed by atoms with E-state index in [-0.39, 0.29) is 9.92 Å². The third kappa shape index (κ3) is 2.37. The van der Waals surface area contributed by atoms with E-state index in [4.69, 9.17) is 11.6 Å². The van der Waals surface area contributed by atoms with E-state index in [1.807, 2.05) is 0 Å². The number of hydroxylamine groups is 1. The molecule has 1 aromatic rings. The molecule has 0 atom stereocenters. The molecule has 0 saturated carbocycles. The molecule has 84 valence electrons. The largest absolute Gasteiger partial charge is 0.326 e. The Morgan fingerprint density at radius 2 is 2.13 bits per heavy atom. The summed E-state index contributed by atoms with van der Waals surface area (Å²) in [5.41, 5.74) is -0.546. The number of aromatic amines is 1. The standard InChI is InChI=1S/C7H9ClN2O4S/c1-10(14-2)15(12,13)5-3-6(8)7(11)9-4-5/h3-4H,1-2H3,(H,9,11). The van der Waals surface area contributed by atoms with Crippen LogP contribution in [0.4, 0.5) is 0 Å². The number of hydrogen-bond donors (Lipinski definition) is 1. The lowest BCUT2D eigenvalue weighted by Gasteiger charge is -2.13. The van der Waals surface area contributed by atoms with E-state index in [1.165, 1.54) is 14.2 Å². The normalized spacial score (nSPS) is 12.0. The molecule has 0 aliphatic heterocycles. The van der Waals surface area contributed by atoms with Crippen LogP contribution < -0.4 is 5.56 Å². The minimum absolute atomic E-state index is 0.142. The Kier molecular flexibility index (Phi) is 3.50. The summed E-state index contributed by atoms with van der Waals surface area (Å²) in [6.45, 7) is 0. The van der Waals surface area contributed by atoms with Gasteiger partial charge in [-0.15, -0.1) is 0 Å². The van der Waals surface area contributed by atoms with Crippen molar-refractivity contribution in [1.29, 1.82) is 0 Å². The van der Waals surface area contributed by atoms with Gasteiger partial charge in [-0.05, 0) is 6.07 Å². The van der Waals surface area contributed by atoms with Crippen LogP contribution in [0.15, 0.2) is 22.0 Å². The molecule has 1 aromatic heterocycles. The van der Waals surface area contributed by atoms with Gasteiger partial charge in [-0.1, -0.05) is 16.1 Å². The van der Waals surface area contributed by atoms with Gasteiger partial charge in [0.2, 0.25) is 0 Å². The van der Waals surface area contributed by atoms with Gasteiger partial charge < -0.3 is 4.98 Å². The maximum absolute atomic E-state index is 11.6. The Morgan fingerprint density at radius 1 is 1.53 bits per heavy atom. The SMILES string of the molecule is CON(C)S(=O)(=O)c1c[nH]c(=O)c(Cl)c1. The summed E-state index contributed by atoms with van der Waals surface area (Å²) in [5, 5.41) is -0.194. The zero-order chi connectivity index (χ0) is 11.6. The minimum atomic E-state index is -3.77. The average Bonchev–Trinajstić information content (AvgIpc) is 2.20. The van der Waals surface area contributed by atoms with Gasteiger partial charge in [0.25, 0.3) is 15.6 Å². The number of halogens is 1. The van der Waals surface area contributed by atoms with Crippen LogP contribution in [0.3, 0.4) is 0 Å². The van der Waals surface area contributed by atoms with Crippen molar-refractivity contribution in [3.05, 3.63) is 27.6 Å². The fraction of sp³-hybridized carbons (Fsp3) is 0.286. The van der Waals surface area contributed by atoms with Gasteiger partial charge >= 0.3 is 0 Å². The maximum Gasteiger partial charge on any atom is 0.266 e. The molecule has 8 heteroatoms. The summed E-state index contributed by atoms with van der Waals surface area (Å²) in [5.74, 6) is 0. The molecule has 0 unspecified atom stereocenters. The van der Waals surface area contributed by atoms with Crippen LogP contribution in [-0.2, 0) is 14.9 Å². The van der Waals surface area contributed by atoms with Crippen molar-refractivity contribution in [3.8, 4) is 0 Å². The summed E-state index contributed by atoms with van der Waals surface area (Å²) < 4.78 is 24.0. The van der Waals surface area contributed by atoms with Crippen molar-refractivity contribution in [2.45, 2.75) is 4.90 Å². The molecule has 0 saturated heterocycles. The van der Waals surface area contributed by atoms with Crippen molar-refractivity contribution in [1.82, 2.24) is 9.45 Å². The van der Waals surface area contributed by atoms with Crippen molar-refractivity contribution in [2.75, 3.05) is 14.2 Å². The topological polar surface area (TPSA) is 79.5 Å². The van der Waals surface area contributed by atoms with E-state index in [1.54, 1.807) is 0 Å². The Hall–Kier alpha value is -0.890. The van der Waals surface area contributed by atoms with Crippen LogP contribution in [0.5, 0.6) is 0 Å². The van der Waals surface area contributed by atoms with Crippen molar-refractivity contribution >= 4 is 21.6 Å². The summed E-state index contributed by atoms with van der Waals surface area (Å²) in [6, 6.07) is 1.06. The zero-order valence-electron chi connectivity index (χ0n) is 8.02. The van der Waals surface area contributed by atoms with Crippen LogP contribution in [0.2, 0.25) is 5.02 Å². The van der Waals surface area contributed by atoms with Crippen LogP contribution in [-0.4, -0.2) is 32.0 Å². The lowest BCUT2D eigenvalue weighted by Crippen LogP contribution is -2.26. The molecule has 0 fully saturated rings. The fourth-order valence-electron chi connectivity index (χ4n) is 0.833. The smallest absolute Gasteiger partial charge is 0.266 e. The van der Waals surface area contributed by atoms with E-state index >= 15 is 0 Å². The monoisotopic (exact) mass is 252 g/mol. The van der Waals surface area contributed by atoms with Crippen LogP contribution in [0, 0.1) is 0 Å². The Labute approximate surface area is 91.4 Å². The first-order valence-electron chi connectivity index (χ1n) is 3.81. The number of H-pyrrole nitrogens is 1. The van der Waals surface area contributed by atoms with Crippen LogP contribution >= 0.6 is 11.6 Å². The third-order valence-electron chi connectivity index (χ3n) is 1.72. The molecule has 0 spiro atoms. The number of sulfonamides is 1. The molecule has 0 aromatic carbocycles. The fourth-order valence-corrected chi connectivity index (χ4v) is 2.04. The van der Waals surface area contributed by atoms with Crippen molar-refractivity contribution < 1.29 is 13.3 Å².